The van der Waals surface area contributed by atoms with Crippen LogP contribution in [0.25, 0.3) is 0 Å². The van der Waals surface area contributed by atoms with Crippen molar-refractivity contribution < 1.29 is 14.3 Å². The molecule has 5 atom stereocenters. The Bertz CT molecular complexity index is 870. The summed E-state index contributed by atoms with van der Waals surface area (Å²) in [5.41, 5.74) is 4.90. The molecule has 2 spiro atoms. The maximum Gasteiger partial charge on any atom is 0.166 e. The Kier molecular flexibility index (Phi) is 1.82. The van der Waals surface area contributed by atoms with Gasteiger partial charge in [0.05, 0.1) is 18.6 Å². The first-order valence-electron chi connectivity index (χ1n) is 8.15. The molecule has 0 aromatic heterocycles. The van der Waals surface area contributed by atoms with Crippen LogP contribution in [0.5, 0.6) is 11.5 Å². The Hall–Kier alpha value is -2.07. The summed E-state index contributed by atoms with van der Waals surface area (Å²) >= 11 is 0. The molecule has 2 fully saturated rings. The number of likely N-dealkylation sites (N-methyl/N-ethyl adjacent to an activating group) is 1. The van der Waals surface area contributed by atoms with Crippen LogP contribution in [0.4, 0.5) is 0 Å². The number of hydrogen-bond acceptors (Lipinski definition) is 4. The normalized spacial score (nSPS) is 43.0. The monoisotopic (exact) mass is 307 g/mol. The number of benzene rings is 1. The quantitative estimate of drug-likeness (QED) is 0.616. The second kappa shape index (κ2) is 3.39. The summed E-state index contributed by atoms with van der Waals surface area (Å²) in [6.07, 6.45) is 7.02. The van der Waals surface area contributed by atoms with E-state index < -0.39 is 0 Å². The number of rotatable bonds is 2. The summed E-state index contributed by atoms with van der Waals surface area (Å²) in [5, 5.41) is 0. The molecular weight excluding hydrogens is 290 g/mol. The number of nitrogens with zero attached hydrogens (tertiary/aromatic N) is 1. The number of methoxy groups -OCH3 is 1. The van der Waals surface area contributed by atoms with Crippen molar-refractivity contribution in [3.63, 3.8) is 0 Å². The number of aldehydes is 1. The molecule has 2 aliphatic heterocycles. The first-order valence-corrected chi connectivity index (χ1v) is 8.15. The number of allylic oxidation sites excluding steroid dienone is 2. The second-order valence-corrected chi connectivity index (χ2v) is 7.48. The van der Waals surface area contributed by atoms with E-state index in [1.54, 1.807) is 7.11 Å². The van der Waals surface area contributed by atoms with Crippen LogP contribution in [-0.4, -0.2) is 43.0 Å². The van der Waals surface area contributed by atoms with E-state index in [1.165, 1.54) is 16.7 Å². The Labute approximate surface area is 134 Å². The highest BCUT2D eigenvalue weighted by atomic mass is 16.5. The predicted molar refractivity (Wildman–Crippen MR) is 83.9 cm³/mol. The molecule has 5 aliphatic rings. The number of carbonyl (C=O) groups excluding carboxylic acids is 1. The minimum absolute atomic E-state index is 0.153. The van der Waals surface area contributed by atoms with Gasteiger partial charge in [-0.3, -0.25) is 9.69 Å². The molecule has 1 aromatic rings. The van der Waals surface area contributed by atoms with E-state index in [0.717, 1.165) is 36.2 Å². The average Bonchev–Trinajstić information content (AvgIpc) is 2.88. The molecule has 0 radical (unpaired) electrons. The van der Waals surface area contributed by atoms with Crippen molar-refractivity contribution in [2.45, 2.75) is 35.9 Å². The fourth-order valence-corrected chi connectivity index (χ4v) is 6.00. The number of carbonyl (C=O) groups is 1. The van der Waals surface area contributed by atoms with Crippen LogP contribution in [0.2, 0.25) is 0 Å². The first-order chi connectivity index (χ1) is 11.2. The van der Waals surface area contributed by atoms with Gasteiger partial charge in [0.15, 0.2) is 11.5 Å². The molecule has 116 valence electrons. The van der Waals surface area contributed by atoms with Crippen molar-refractivity contribution in [3.05, 3.63) is 46.6 Å². The molecule has 4 heteroatoms. The molecular formula is C19H17NO3. The maximum atomic E-state index is 11.6. The van der Waals surface area contributed by atoms with Crippen LogP contribution in [-0.2, 0) is 16.6 Å². The van der Waals surface area contributed by atoms with Gasteiger partial charge in [0.25, 0.3) is 0 Å². The van der Waals surface area contributed by atoms with E-state index in [1.807, 2.05) is 12.1 Å². The fourth-order valence-electron chi connectivity index (χ4n) is 6.00. The van der Waals surface area contributed by atoms with Crippen LogP contribution < -0.4 is 9.47 Å². The highest BCUT2D eigenvalue weighted by Crippen LogP contribution is 2.73. The molecule has 0 amide bonds. The van der Waals surface area contributed by atoms with Crippen molar-refractivity contribution in [2.24, 2.45) is 0 Å². The Balaban J connectivity index is 1.72. The van der Waals surface area contributed by atoms with E-state index in [4.69, 9.17) is 9.47 Å². The lowest BCUT2D eigenvalue weighted by Crippen LogP contribution is -2.47. The highest BCUT2D eigenvalue weighted by molar-refractivity contribution is 5.82. The zero-order valence-corrected chi connectivity index (χ0v) is 13.1. The van der Waals surface area contributed by atoms with Gasteiger partial charge in [-0.15, -0.1) is 0 Å². The topological polar surface area (TPSA) is 38.5 Å². The third-order valence-corrected chi connectivity index (χ3v) is 6.87. The first kappa shape index (κ1) is 12.4. The molecule has 0 N–H and O–H groups in total. The Morgan fingerprint density at radius 3 is 3.04 bits per heavy atom. The smallest absolute Gasteiger partial charge is 0.166 e. The SMILES string of the molecule is COc1ccc2c3c1O[C@@H]1C(C=O)=CC=C4[C@H]5N(C)C5(C2)C[C@]431. The van der Waals surface area contributed by atoms with E-state index in [9.17, 15) is 4.79 Å². The lowest BCUT2D eigenvalue weighted by molar-refractivity contribution is -0.105. The Morgan fingerprint density at radius 2 is 2.26 bits per heavy atom. The molecule has 1 aromatic carbocycles. The summed E-state index contributed by atoms with van der Waals surface area (Å²) in [5.74, 6) is 1.64. The van der Waals surface area contributed by atoms with Gasteiger partial charge in [-0.1, -0.05) is 18.2 Å². The van der Waals surface area contributed by atoms with Crippen molar-refractivity contribution in [3.8, 4) is 11.5 Å². The highest BCUT2D eigenvalue weighted by Gasteiger charge is 2.79. The number of hydrogen-bond donors (Lipinski definition) is 0. The standard InChI is InChI=1S/C19H17NO3/c1-20-16-12-5-3-11(8-21)17-19(12)9-18(16,20)7-10-4-6-13(22-2)15(23-17)14(10)19/h3-6,8,16-17H,7,9H2,1-2H3/t16-,17-,18?,19+,20?/m1/s1. The van der Waals surface area contributed by atoms with Crippen LogP contribution in [0, 0.1) is 0 Å². The van der Waals surface area contributed by atoms with Gasteiger partial charge in [-0.25, -0.2) is 0 Å². The maximum absolute atomic E-state index is 11.6. The van der Waals surface area contributed by atoms with Crippen molar-refractivity contribution in [1.82, 2.24) is 4.90 Å². The van der Waals surface area contributed by atoms with Gasteiger partial charge in [-0.2, -0.15) is 0 Å². The number of fused-ring (bicyclic) bond motifs is 1. The third-order valence-electron chi connectivity index (χ3n) is 6.87. The van der Waals surface area contributed by atoms with E-state index in [2.05, 4.69) is 24.1 Å². The van der Waals surface area contributed by atoms with Gasteiger partial charge in [0.1, 0.15) is 12.4 Å². The summed E-state index contributed by atoms with van der Waals surface area (Å²) in [6, 6.07) is 4.69. The molecule has 3 aliphatic carbocycles. The minimum Gasteiger partial charge on any atom is -0.493 e. The number of ether oxygens (including phenoxy) is 2. The molecule has 23 heavy (non-hydrogen) atoms. The van der Waals surface area contributed by atoms with Crippen molar-refractivity contribution in [2.75, 3.05) is 14.2 Å². The van der Waals surface area contributed by atoms with Crippen LogP contribution >= 0.6 is 0 Å². The van der Waals surface area contributed by atoms with E-state index in [0.29, 0.717) is 6.04 Å². The summed E-state index contributed by atoms with van der Waals surface area (Å²) in [4.78, 5) is 14.1. The molecule has 1 saturated heterocycles. The minimum atomic E-state index is -0.191. The average molecular weight is 307 g/mol. The van der Waals surface area contributed by atoms with Gasteiger partial charge in [-0.05, 0) is 37.1 Å². The second-order valence-electron chi connectivity index (χ2n) is 7.48. The van der Waals surface area contributed by atoms with Crippen molar-refractivity contribution in [1.29, 1.82) is 0 Å². The van der Waals surface area contributed by atoms with Gasteiger partial charge in [0.2, 0.25) is 0 Å². The van der Waals surface area contributed by atoms with Crippen LogP contribution in [0.3, 0.4) is 0 Å². The van der Waals surface area contributed by atoms with Crippen LogP contribution in [0.1, 0.15) is 17.5 Å². The lowest BCUT2D eigenvalue weighted by Gasteiger charge is -2.41. The fraction of sp³-hybridized carbons (Fsp3) is 0.421. The third kappa shape index (κ3) is 1.03. The number of piperidine rings is 1. The molecule has 1 saturated carbocycles. The van der Waals surface area contributed by atoms with E-state index >= 15 is 0 Å². The largest absolute Gasteiger partial charge is 0.493 e. The predicted octanol–water partition coefficient (Wildman–Crippen LogP) is 1.77. The van der Waals surface area contributed by atoms with E-state index in [-0.39, 0.29) is 17.1 Å². The summed E-state index contributed by atoms with van der Waals surface area (Å²) in [7, 11) is 3.90. The summed E-state index contributed by atoms with van der Waals surface area (Å²) in [6.45, 7) is 0. The van der Waals surface area contributed by atoms with Gasteiger partial charge in [0, 0.05) is 16.7 Å². The lowest BCUT2D eigenvalue weighted by atomic mass is 9.63. The van der Waals surface area contributed by atoms with Gasteiger partial charge < -0.3 is 9.47 Å². The summed E-state index contributed by atoms with van der Waals surface area (Å²) < 4.78 is 11.9. The zero-order valence-electron chi connectivity index (χ0n) is 13.1. The number of likely N-dealkylation sites (tertiary alicyclic amines) is 1. The molecule has 2 bridgehead atoms. The van der Waals surface area contributed by atoms with Gasteiger partial charge >= 0.3 is 0 Å². The molecule has 2 unspecified atom stereocenters. The zero-order chi connectivity index (χ0) is 15.6. The molecule has 2 heterocycles. The Morgan fingerprint density at radius 1 is 1.39 bits per heavy atom. The molecule has 6 rings (SSSR count). The van der Waals surface area contributed by atoms with Crippen molar-refractivity contribution >= 4 is 6.29 Å². The van der Waals surface area contributed by atoms with Crippen LogP contribution in [0.15, 0.2) is 35.4 Å². The molecule has 4 nitrogen and oxygen atoms in total.